The van der Waals surface area contributed by atoms with E-state index in [-0.39, 0.29) is 5.54 Å². The molecule has 0 aromatic carbocycles. The maximum atomic E-state index is 11.1. The van der Waals surface area contributed by atoms with Crippen LogP contribution >= 0.6 is 0 Å². The van der Waals surface area contributed by atoms with Crippen LogP contribution in [-0.2, 0) is 4.79 Å². The van der Waals surface area contributed by atoms with E-state index >= 15 is 0 Å². The number of ketones is 1. The topological polar surface area (TPSA) is 20.3 Å². The van der Waals surface area contributed by atoms with Crippen LogP contribution in [0, 0.1) is 0 Å². The Morgan fingerprint density at radius 2 is 2.00 bits per heavy atom. The maximum Gasteiger partial charge on any atom is 0.135 e. The van der Waals surface area contributed by atoms with Crippen molar-refractivity contribution < 1.29 is 4.79 Å². The molecule has 1 aliphatic rings. The fourth-order valence-corrected chi connectivity index (χ4v) is 2.00. The Morgan fingerprint density at radius 3 is 2.42 bits per heavy atom. The van der Waals surface area contributed by atoms with Crippen molar-refractivity contribution >= 4 is 5.78 Å². The summed E-state index contributed by atoms with van der Waals surface area (Å²) >= 11 is 0. The normalized spacial score (nSPS) is 27.7. The zero-order valence-corrected chi connectivity index (χ0v) is 8.55. The van der Waals surface area contributed by atoms with E-state index in [1.165, 1.54) is 0 Å². The number of hydrogen-bond acceptors (Lipinski definition) is 2. The third-order valence-electron chi connectivity index (χ3n) is 2.55. The van der Waals surface area contributed by atoms with Gasteiger partial charge in [0.05, 0.1) is 0 Å². The highest BCUT2D eigenvalue weighted by atomic mass is 16.1. The Morgan fingerprint density at radius 1 is 1.42 bits per heavy atom. The molecule has 0 spiro atoms. The largest absolute Gasteiger partial charge is 0.300 e. The minimum absolute atomic E-state index is 0.208. The highest BCUT2D eigenvalue weighted by molar-refractivity contribution is 5.79. The molecule has 0 aliphatic carbocycles. The van der Waals surface area contributed by atoms with E-state index < -0.39 is 0 Å². The van der Waals surface area contributed by atoms with Crippen LogP contribution in [0.4, 0.5) is 0 Å². The van der Waals surface area contributed by atoms with Gasteiger partial charge in [0.1, 0.15) is 5.78 Å². The molecule has 0 radical (unpaired) electrons. The second-order valence-electron chi connectivity index (χ2n) is 4.71. The second kappa shape index (κ2) is 3.17. The molecular weight excluding hydrogens is 150 g/mol. The van der Waals surface area contributed by atoms with Crippen molar-refractivity contribution in [2.75, 3.05) is 6.54 Å². The molecule has 0 unspecified atom stereocenters. The molecular formula is C10H19NO. The first-order chi connectivity index (χ1) is 5.41. The summed E-state index contributed by atoms with van der Waals surface area (Å²) < 4.78 is 0. The van der Waals surface area contributed by atoms with Gasteiger partial charge < -0.3 is 0 Å². The van der Waals surface area contributed by atoms with Crippen LogP contribution in [0.25, 0.3) is 0 Å². The average Bonchev–Trinajstić information content (AvgIpc) is 1.83. The van der Waals surface area contributed by atoms with E-state index in [0.29, 0.717) is 11.8 Å². The van der Waals surface area contributed by atoms with E-state index in [1.807, 2.05) is 0 Å². The molecule has 0 aromatic heterocycles. The summed E-state index contributed by atoms with van der Waals surface area (Å²) in [6.07, 6.45) is 1.47. The molecule has 1 fully saturated rings. The minimum Gasteiger partial charge on any atom is -0.300 e. The van der Waals surface area contributed by atoms with Gasteiger partial charge in [-0.25, -0.2) is 0 Å². The smallest absolute Gasteiger partial charge is 0.135 e. The molecule has 1 aliphatic heterocycles. The van der Waals surface area contributed by atoms with Gasteiger partial charge >= 0.3 is 0 Å². The molecule has 0 amide bonds. The van der Waals surface area contributed by atoms with E-state index in [2.05, 4.69) is 32.6 Å². The molecule has 0 N–H and O–H groups in total. The summed E-state index contributed by atoms with van der Waals surface area (Å²) in [6, 6.07) is 0.422. The molecule has 0 bridgehead atoms. The lowest BCUT2D eigenvalue weighted by atomic mass is 9.95. The van der Waals surface area contributed by atoms with Crippen molar-refractivity contribution in [3.63, 3.8) is 0 Å². The zero-order chi connectivity index (χ0) is 9.35. The molecule has 0 saturated carbocycles. The van der Waals surface area contributed by atoms with Gasteiger partial charge in [0.25, 0.3) is 0 Å². The molecule has 1 rings (SSSR count). The summed E-state index contributed by atoms with van der Waals surface area (Å²) in [4.78, 5) is 13.5. The van der Waals surface area contributed by atoms with Crippen molar-refractivity contribution in [1.29, 1.82) is 0 Å². The van der Waals surface area contributed by atoms with Crippen LogP contribution in [0.1, 0.15) is 40.5 Å². The van der Waals surface area contributed by atoms with Crippen LogP contribution in [0.3, 0.4) is 0 Å². The van der Waals surface area contributed by atoms with Gasteiger partial charge in [-0.3, -0.25) is 9.69 Å². The predicted octanol–water partition coefficient (Wildman–Crippen LogP) is 1.84. The highest BCUT2D eigenvalue weighted by Gasteiger charge is 2.30. The van der Waals surface area contributed by atoms with Gasteiger partial charge in [0.15, 0.2) is 0 Å². The number of rotatable bonds is 0. The lowest BCUT2D eigenvalue weighted by Crippen LogP contribution is -2.51. The van der Waals surface area contributed by atoms with Crippen molar-refractivity contribution in [2.24, 2.45) is 0 Å². The number of hydrogen-bond donors (Lipinski definition) is 0. The van der Waals surface area contributed by atoms with Crippen LogP contribution in [0.5, 0.6) is 0 Å². The summed E-state index contributed by atoms with van der Waals surface area (Å²) in [6.45, 7) is 9.70. The van der Waals surface area contributed by atoms with Crippen LogP contribution in [0.15, 0.2) is 0 Å². The standard InChI is InChI=1S/C10H19NO/c1-8-7-9(12)5-6-11(8)10(2,3)4/h8H,5-7H2,1-4H3/t8-/m1/s1. The summed E-state index contributed by atoms with van der Waals surface area (Å²) in [5.41, 5.74) is 0.208. The summed E-state index contributed by atoms with van der Waals surface area (Å²) in [5.74, 6) is 0.419. The Hall–Kier alpha value is -0.370. The Balaban J connectivity index is 2.62. The Kier molecular flexibility index (Phi) is 2.57. The third-order valence-corrected chi connectivity index (χ3v) is 2.55. The molecule has 1 heterocycles. The van der Waals surface area contributed by atoms with Gasteiger partial charge in [-0.15, -0.1) is 0 Å². The number of carbonyl (C=O) groups excluding carboxylic acids is 1. The van der Waals surface area contributed by atoms with Gasteiger partial charge in [0, 0.05) is 31.0 Å². The first kappa shape index (κ1) is 9.72. The van der Waals surface area contributed by atoms with Crippen molar-refractivity contribution in [2.45, 2.75) is 52.1 Å². The average molecular weight is 169 g/mol. The highest BCUT2D eigenvalue weighted by Crippen LogP contribution is 2.23. The van der Waals surface area contributed by atoms with Crippen LogP contribution < -0.4 is 0 Å². The fraction of sp³-hybridized carbons (Fsp3) is 0.900. The van der Waals surface area contributed by atoms with Crippen molar-refractivity contribution in [3.8, 4) is 0 Å². The molecule has 1 atom stereocenters. The quantitative estimate of drug-likeness (QED) is 0.551. The van der Waals surface area contributed by atoms with E-state index in [1.54, 1.807) is 0 Å². The zero-order valence-electron chi connectivity index (χ0n) is 8.55. The van der Waals surface area contributed by atoms with Gasteiger partial charge in [-0.1, -0.05) is 0 Å². The fourth-order valence-electron chi connectivity index (χ4n) is 2.00. The van der Waals surface area contributed by atoms with Crippen LogP contribution in [-0.4, -0.2) is 28.8 Å². The molecule has 1 saturated heterocycles. The van der Waals surface area contributed by atoms with Gasteiger partial charge in [-0.05, 0) is 27.7 Å². The molecule has 2 nitrogen and oxygen atoms in total. The number of carbonyl (C=O) groups is 1. The molecule has 2 heteroatoms. The van der Waals surface area contributed by atoms with Gasteiger partial charge in [0.2, 0.25) is 0 Å². The predicted molar refractivity (Wildman–Crippen MR) is 50.2 cm³/mol. The van der Waals surface area contributed by atoms with Crippen molar-refractivity contribution in [1.82, 2.24) is 4.90 Å². The molecule has 70 valence electrons. The minimum atomic E-state index is 0.208. The van der Waals surface area contributed by atoms with E-state index in [4.69, 9.17) is 0 Å². The lowest BCUT2D eigenvalue weighted by Gasteiger charge is -2.42. The number of nitrogens with zero attached hydrogens (tertiary/aromatic N) is 1. The second-order valence-corrected chi connectivity index (χ2v) is 4.71. The summed E-state index contributed by atoms with van der Waals surface area (Å²) in [7, 11) is 0. The number of Topliss-reactive ketones (excluding diaryl/α,β-unsaturated/α-hetero) is 1. The SMILES string of the molecule is C[C@@H]1CC(=O)CCN1C(C)(C)C. The Labute approximate surface area is 74.9 Å². The monoisotopic (exact) mass is 169 g/mol. The first-order valence-corrected chi connectivity index (χ1v) is 4.69. The third kappa shape index (κ3) is 2.07. The number of likely N-dealkylation sites (tertiary alicyclic amines) is 1. The van der Waals surface area contributed by atoms with E-state index in [0.717, 1.165) is 19.4 Å². The molecule has 0 aromatic rings. The van der Waals surface area contributed by atoms with E-state index in [9.17, 15) is 4.79 Å². The summed E-state index contributed by atoms with van der Waals surface area (Å²) in [5, 5.41) is 0. The van der Waals surface area contributed by atoms with Gasteiger partial charge in [-0.2, -0.15) is 0 Å². The molecule has 12 heavy (non-hydrogen) atoms. The van der Waals surface area contributed by atoms with Crippen LogP contribution in [0.2, 0.25) is 0 Å². The number of piperidine rings is 1. The lowest BCUT2D eigenvalue weighted by molar-refractivity contribution is -0.124. The maximum absolute atomic E-state index is 11.1. The van der Waals surface area contributed by atoms with Crippen molar-refractivity contribution in [3.05, 3.63) is 0 Å². The first-order valence-electron chi connectivity index (χ1n) is 4.69. The Bertz CT molecular complexity index is 181.